The molecule has 0 saturated heterocycles. The zero-order chi connectivity index (χ0) is 13.5. The summed E-state index contributed by atoms with van der Waals surface area (Å²) < 4.78 is 0. The van der Waals surface area contributed by atoms with Crippen molar-refractivity contribution < 1.29 is 9.59 Å². The van der Waals surface area contributed by atoms with Gasteiger partial charge in [0.2, 0.25) is 11.8 Å². The minimum absolute atomic E-state index is 0.0231. The molecule has 0 aromatic heterocycles. The maximum Gasteiger partial charge on any atom is 0.238 e. The van der Waals surface area contributed by atoms with Crippen LogP contribution >= 0.6 is 0 Å². The molecule has 18 heavy (non-hydrogen) atoms. The lowest BCUT2D eigenvalue weighted by molar-refractivity contribution is -0.130. The molecule has 0 radical (unpaired) electrons. The summed E-state index contributed by atoms with van der Waals surface area (Å²) in [6.07, 6.45) is 0. The van der Waals surface area contributed by atoms with Crippen molar-refractivity contribution in [2.75, 3.05) is 39.5 Å². The molecular weight excluding hydrogens is 230 g/mol. The van der Waals surface area contributed by atoms with Crippen LogP contribution in [0.3, 0.4) is 0 Å². The SMILES string of the molecule is CN(CC(=O)Nc1ccccc1)CC(=O)N(C)C. The molecule has 1 rings (SSSR count). The number of hydrogen-bond acceptors (Lipinski definition) is 3. The zero-order valence-electron chi connectivity index (χ0n) is 11.0. The van der Waals surface area contributed by atoms with Gasteiger partial charge < -0.3 is 10.2 Å². The Hall–Kier alpha value is -1.88. The summed E-state index contributed by atoms with van der Waals surface area (Å²) in [7, 11) is 5.13. The van der Waals surface area contributed by atoms with Gasteiger partial charge in [-0.2, -0.15) is 0 Å². The quantitative estimate of drug-likeness (QED) is 0.833. The van der Waals surface area contributed by atoms with Gasteiger partial charge in [-0.1, -0.05) is 18.2 Å². The van der Waals surface area contributed by atoms with Crippen molar-refractivity contribution in [3.8, 4) is 0 Å². The lowest BCUT2D eigenvalue weighted by Crippen LogP contribution is -2.38. The molecule has 0 saturated carbocycles. The standard InChI is InChI=1S/C13H19N3O2/c1-15(2)13(18)10-16(3)9-12(17)14-11-7-5-4-6-8-11/h4-8H,9-10H2,1-3H3,(H,14,17). The Morgan fingerprint density at radius 2 is 1.67 bits per heavy atom. The molecule has 0 atom stereocenters. The summed E-state index contributed by atoms with van der Waals surface area (Å²) >= 11 is 0. The molecule has 0 heterocycles. The predicted molar refractivity (Wildman–Crippen MR) is 71.3 cm³/mol. The van der Waals surface area contributed by atoms with Gasteiger partial charge in [0.1, 0.15) is 0 Å². The summed E-state index contributed by atoms with van der Waals surface area (Å²) in [6.45, 7) is 0.420. The van der Waals surface area contributed by atoms with Gasteiger partial charge in [-0.25, -0.2) is 0 Å². The van der Waals surface area contributed by atoms with Crippen LogP contribution in [-0.2, 0) is 9.59 Å². The maximum absolute atomic E-state index is 11.7. The van der Waals surface area contributed by atoms with Gasteiger partial charge in [0.25, 0.3) is 0 Å². The first-order valence-corrected chi connectivity index (χ1v) is 5.72. The number of para-hydroxylation sites is 1. The smallest absolute Gasteiger partial charge is 0.238 e. The largest absolute Gasteiger partial charge is 0.348 e. The van der Waals surface area contributed by atoms with Crippen LogP contribution in [0, 0.1) is 0 Å². The van der Waals surface area contributed by atoms with Gasteiger partial charge in [-0.3, -0.25) is 14.5 Å². The number of nitrogens with one attached hydrogen (secondary N) is 1. The van der Waals surface area contributed by atoms with E-state index in [-0.39, 0.29) is 24.9 Å². The molecule has 0 fully saturated rings. The number of hydrogen-bond donors (Lipinski definition) is 1. The summed E-state index contributed by atoms with van der Waals surface area (Å²) in [4.78, 5) is 26.3. The number of carbonyl (C=O) groups excluding carboxylic acids is 2. The Morgan fingerprint density at radius 3 is 2.22 bits per heavy atom. The molecule has 5 heteroatoms. The van der Waals surface area contributed by atoms with Crippen LogP contribution in [0.2, 0.25) is 0 Å². The number of nitrogens with zero attached hydrogens (tertiary/aromatic N) is 2. The van der Waals surface area contributed by atoms with Gasteiger partial charge in [-0.05, 0) is 19.2 Å². The highest BCUT2D eigenvalue weighted by Crippen LogP contribution is 2.04. The minimum atomic E-state index is -0.129. The highest BCUT2D eigenvalue weighted by Gasteiger charge is 2.11. The number of rotatable bonds is 5. The number of carbonyl (C=O) groups is 2. The molecule has 0 aliphatic heterocycles. The summed E-state index contributed by atoms with van der Waals surface area (Å²) in [5.74, 6) is -0.153. The van der Waals surface area contributed by atoms with Crippen LogP contribution in [0.1, 0.15) is 0 Å². The molecule has 0 unspecified atom stereocenters. The lowest BCUT2D eigenvalue weighted by Gasteiger charge is -2.18. The molecular formula is C13H19N3O2. The van der Waals surface area contributed by atoms with Crippen LogP contribution in [0.15, 0.2) is 30.3 Å². The van der Waals surface area contributed by atoms with Gasteiger partial charge in [-0.15, -0.1) is 0 Å². The lowest BCUT2D eigenvalue weighted by atomic mass is 10.3. The van der Waals surface area contributed by atoms with E-state index in [1.54, 1.807) is 26.0 Å². The average Bonchev–Trinajstić information content (AvgIpc) is 2.29. The van der Waals surface area contributed by atoms with Crippen LogP contribution < -0.4 is 5.32 Å². The predicted octanol–water partition coefficient (Wildman–Crippen LogP) is 0.645. The zero-order valence-corrected chi connectivity index (χ0v) is 11.0. The van der Waals surface area contributed by atoms with Gasteiger partial charge in [0.05, 0.1) is 13.1 Å². The van der Waals surface area contributed by atoms with Crippen LogP contribution in [-0.4, -0.2) is 55.8 Å². The Balaban J connectivity index is 2.38. The van der Waals surface area contributed by atoms with Crippen molar-refractivity contribution >= 4 is 17.5 Å². The first kappa shape index (κ1) is 14.2. The maximum atomic E-state index is 11.7. The number of amides is 2. The Labute approximate surface area is 107 Å². The second-order valence-electron chi connectivity index (χ2n) is 4.37. The van der Waals surface area contributed by atoms with Crippen LogP contribution in [0.4, 0.5) is 5.69 Å². The second-order valence-corrected chi connectivity index (χ2v) is 4.37. The van der Waals surface area contributed by atoms with Crippen LogP contribution in [0.5, 0.6) is 0 Å². The van der Waals surface area contributed by atoms with Crippen LogP contribution in [0.25, 0.3) is 0 Å². The molecule has 2 amide bonds. The van der Waals surface area contributed by atoms with Crippen molar-refractivity contribution in [1.82, 2.24) is 9.80 Å². The van der Waals surface area contributed by atoms with E-state index in [4.69, 9.17) is 0 Å². The third-order valence-corrected chi connectivity index (χ3v) is 2.38. The molecule has 0 spiro atoms. The molecule has 1 aromatic rings. The van der Waals surface area contributed by atoms with Crippen molar-refractivity contribution in [3.63, 3.8) is 0 Å². The fourth-order valence-corrected chi connectivity index (χ4v) is 1.40. The second kappa shape index (κ2) is 6.76. The molecule has 0 aliphatic carbocycles. The number of anilines is 1. The van der Waals surface area contributed by atoms with Gasteiger partial charge in [0.15, 0.2) is 0 Å². The van der Waals surface area contributed by atoms with E-state index in [9.17, 15) is 9.59 Å². The third-order valence-electron chi connectivity index (χ3n) is 2.38. The highest BCUT2D eigenvalue weighted by atomic mass is 16.2. The van der Waals surface area contributed by atoms with Crippen molar-refractivity contribution in [2.45, 2.75) is 0 Å². The van der Waals surface area contributed by atoms with E-state index < -0.39 is 0 Å². The summed E-state index contributed by atoms with van der Waals surface area (Å²) in [5, 5.41) is 2.77. The molecule has 1 aromatic carbocycles. The first-order valence-electron chi connectivity index (χ1n) is 5.72. The summed E-state index contributed by atoms with van der Waals surface area (Å²) in [6, 6.07) is 9.24. The van der Waals surface area contributed by atoms with Crippen molar-refractivity contribution in [2.24, 2.45) is 0 Å². The van der Waals surface area contributed by atoms with E-state index in [0.717, 1.165) is 5.69 Å². The summed E-state index contributed by atoms with van der Waals surface area (Å²) in [5.41, 5.74) is 0.759. The third kappa shape index (κ3) is 4.97. The molecule has 0 aliphatic rings. The molecule has 1 N–H and O–H groups in total. The highest BCUT2D eigenvalue weighted by molar-refractivity contribution is 5.92. The molecule has 0 bridgehead atoms. The van der Waals surface area contributed by atoms with Gasteiger partial charge >= 0.3 is 0 Å². The fraction of sp³-hybridized carbons (Fsp3) is 0.385. The fourth-order valence-electron chi connectivity index (χ4n) is 1.40. The number of benzene rings is 1. The molecule has 5 nitrogen and oxygen atoms in total. The Bertz CT molecular complexity index is 404. The minimum Gasteiger partial charge on any atom is -0.348 e. The Morgan fingerprint density at radius 1 is 1.06 bits per heavy atom. The first-order chi connectivity index (χ1) is 8.49. The molecule has 98 valence electrons. The van der Waals surface area contributed by atoms with E-state index in [1.165, 1.54) is 4.90 Å². The average molecular weight is 249 g/mol. The van der Waals surface area contributed by atoms with E-state index in [1.807, 2.05) is 30.3 Å². The van der Waals surface area contributed by atoms with Gasteiger partial charge in [0, 0.05) is 19.8 Å². The monoisotopic (exact) mass is 249 g/mol. The normalized spacial score (nSPS) is 10.2. The van der Waals surface area contributed by atoms with E-state index >= 15 is 0 Å². The topological polar surface area (TPSA) is 52.7 Å². The Kier molecular flexibility index (Phi) is 5.32. The number of likely N-dealkylation sites (N-methyl/N-ethyl adjacent to an activating group) is 2. The van der Waals surface area contributed by atoms with Crippen molar-refractivity contribution in [1.29, 1.82) is 0 Å². The van der Waals surface area contributed by atoms with E-state index in [2.05, 4.69) is 5.32 Å². The van der Waals surface area contributed by atoms with Crippen molar-refractivity contribution in [3.05, 3.63) is 30.3 Å². The van der Waals surface area contributed by atoms with E-state index in [0.29, 0.717) is 0 Å².